The van der Waals surface area contributed by atoms with E-state index in [0.717, 1.165) is 12.8 Å². The summed E-state index contributed by atoms with van der Waals surface area (Å²) < 4.78 is 4.89. The lowest BCUT2D eigenvalue weighted by Crippen LogP contribution is -2.38. The number of carbonyl (C=O) groups excluding carboxylic acids is 2. The standard InChI is InChI=1S/C10H21N3O3/c1-3-5-7-13(10(15)16-4-2)8-6-9(14)12-11/h3-8,11H2,1-2H3,(H,12,14). The molecule has 0 aliphatic carbocycles. The summed E-state index contributed by atoms with van der Waals surface area (Å²) in [5, 5.41) is 0. The third-order valence-electron chi connectivity index (χ3n) is 2.08. The second-order valence-corrected chi connectivity index (χ2v) is 3.36. The fourth-order valence-electron chi connectivity index (χ4n) is 1.17. The van der Waals surface area contributed by atoms with Crippen molar-refractivity contribution in [3.8, 4) is 0 Å². The summed E-state index contributed by atoms with van der Waals surface area (Å²) in [5.41, 5.74) is 2.03. The molecule has 0 bridgehead atoms. The van der Waals surface area contributed by atoms with Gasteiger partial charge in [0.15, 0.2) is 0 Å². The van der Waals surface area contributed by atoms with E-state index in [-0.39, 0.29) is 18.4 Å². The SMILES string of the molecule is CCCCN(CCC(=O)NN)C(=O)OCC. The van der Waals surface area contributed by atoms with Crippen molar-refractivity contribution >= 4 is 12.0 Å². The lowest BCUT2D eigenvalue weighted by atomic mass is 10.3. The molecule has 0 unspecified atom stereocenters. The van der Waals surface area contributed by atoms with Gasteiger partial charge < -0.3 is 9.64 Å². The minimum atomic E-state index is -0.374. The average molecular weight is 231 g/mol. The van der Waals surface area contributed by atoms with Gasteiger partial charge in [0, 0.05) is 19.5 Å². The molecule has 0 atom stereocenters. The molecule has 0 saturated heterocycles. The summed E-state index contributed by atoms with van der Waals surface area (Å²) in [6.45, 7) is 5.07. The Labute approximate surface area is 96.1 Å². The van der Waals surface area contributed by atoms with Crippen molar-refractivity contribution in [1.82, 2.24) is 10.3 Å². The molecule has 0 aromatic carbocycles. The molecule has 0 radical (unpaired) electrons. The molecular weight excluding hydrogens is 210 g/mol. The highest BCUT2D eigenvalue weighted by molar-refractivity contribution is 5.76. The molecule has 0 heterocycles. The van der Waals surface area contributed by atoms with Crippen LogP contribution in [0.25, 0.3) is 0 Å². The number of hydrogen-bond acceptors (Lipinski definition) is 4. The third-order valence-corrected chi connectivity index (χ3v) is 2.08. The average Bonchev–Trinajstić information content (AvgIpc) is 2.29. The van der Waals surface area contributed by atoms with Crippen LogP contribution in [-0.4, -0.2) is 36.6 Å². The van der Waals surface area contributed by atoms with E-state index in [9.17, 15) is 9.59 Å². The Morgan fingerprint density at radius 3 is 2.50 bits per heavy atom. The summed E-state index contributed by atoms with van der Waals surface area (Å²) in [6.07, 6.45) is 1.70. The van der Waals surface area contributed by atoms with Gasteiger partial charge in [-0.15, -0.1) is 0 Å². The Bertz CT molecular complexity index is 221. The summed E-state index contributed by atoms with van der Waals surface area (Å²) in [5.74, 6) is 4.67. The number of nitrogens with zero attached hydrogens (tertiary/aromatic N) is 1. The van der Waals surface area contributed by atoms with Gasteiger partial charge in [-0.2, -0.15) is 0 Å². The Morgan fingerprint density at radius 2 is 2.00 bits per heavy atom. The molecular formula is C10H21N3O3. The summed E-state index contributed by atoms with van der Waals surface area (Å²) in [6, 6.07) is 0. The number of nitrogens with two attached hydrogens (primary N) is 1. The number of ether oxygens (including phenoxy) is 1. The molecule has 6 heteroatoms. The Hall–Kier alpha value is -1.30. The van der Waals surface area contributed by atoms with Gasteiger partial charge in [0.25, 0.3) is 0 Å². The molecule has 16 heavy (non-hydrogen) atoms. The van der Waals surface area contributed by atoms with Gasteiger partial charge in [-0.1, -0.05) is 13.3 Å². The summed E-state index contributed by atoms with van der Waals surface area (Å²) >= 11 is 0. The van der Waals surface area contributed by atoms with Crippen LogP contribution in [0.3, 0.4) is 0 Å². The van der Waals surface area contributed by atoms with Crippen molar-refractivity contribution < 1.29 is 14.3 Å². The van der Waals surface area contributed by atoms with Gasteiger partial charge in [-0.05, 0) is 13.3 Å². The quantitative estimate of drug-likeness (QED) is 0.382. The van der Waals surface area contributed by atoms with Crippen LogP contribution in [0.2, 0.25) is 0 Å². The molecule has 0 aromatic rings. The van der Waals surface area contributed by atoms with Gasteiger partial charge in [-0.25, -0.2) is 10.6 Å². The number of unbranched alkanes of at least 4 members (excludes halogenated alkanes) is 1. The van der Waals surface area contributed by atoms with E-state index >= 15 is 0 Å². The largest absolute Gasteiger partial charge is 0.450 e. The molecule has 0 fully saturated rings. The predicted molar refractivity (Wildman–Crippen MR) is 60.5 cm³/mol. The van der Waals surface area contributed by atoms with Gasteiger partial charge >= 0.3 is 6.09 Å². The minimum Gasteiger partial charge on any atom is -0.450 e. The zero-order chi connectivity index (χ0) is 12.4. The molecule has 94 valence electrons. The predicted octanol–water partition coefficient (Wildman–Crippen LogP) is 0.625. The first-order chi connectivity index (χ1) is 7.65. The molecule has 2 amide bonds. The van der Waals surface area contributed by atoms with E-state index in [1.807, 2.05) is 12.3 Å². The maximum absolute atomic E-state index is 11.5. The fourth-order valence-corrected chi connectivity index (χ4v) is 1.17. The van der Waals surface area contributed by atoms with E-state index in [4.69, 9.17) is 10.6 Å². The maximum Gasteiger partial charge on any atom is 0.409 e. The third kappa shape index (κ3) is 6.23. The van der Waals surface area contributed by atoms with Crippen LogP contribution in [0.4, 0.5) is 4.79 Å². The Morgan fingerprint density at radius 1 is 1.31 bits per heavy atom. The van der Waals surface area contributed by atoms with Crippen molar-refractivity contribution in [1.29, 1.82) is 0 Å². The summed E-state index contributed by atoms with van der Waals surface area (Å²) in [7, 11) is 0. The van der Waals surface area contributed by atoms with E-state index < -0.39 is 0 Å². The normalized spacial score (nSPS) is 9.69. The van der Waals surface area contributed by atoms with Crippen LogP contribution in [0.15, 0.2) is 0 Å². The van der Waals surface area contributed by atoms with Crippen LogP contribution >= 0.6 is 0 Å². The van der Waals surface area contributed by atoms with E-state index in [0.29, 0.717) is 19.7 Å². The van der Waals surface area contributed by atoms with Crippen LogP contribution in [0.5, 0.6) is 0 Å². The monoisotopic (exact) mass is 231 g/mol. The zero-order valence-electron chi connectivity index (χ0n) is 9.99. The van der Waals surface area contributed by atoms with Crippen LogP contribution < -0.4 is 11.3 Å². The molecule has 0 saturated carbocycles. The van der Waals surface area contributed by atoms with Crippen molar-refractivity contribution in [3.05, 3.63) is 0 Å². The molecule has 0 aliphatic rings. The van der Waals surface area contributed by atoms with Gasteiger partial charge in [0.1, 0.15) is 0 Å². The van der Waals surface area contributed by atoms with Gasteiger partial charge in [0.2, 0.25) is 5.91 Å². The molecule has 3 N–H and O–H groups in total. The van der Waals surface area contributed by atoms with Crippen molar-refractivity contribution in [2.24, 2.45) is 5.84 Å². The number of carbonyl (C=O) groups is 2. The second-order valence-electron chi connectivity index (χ2n) is 3.36. The Balaban J connectivity index is 4.08. The number of rotatable bonds is 7. The van der Waals surface area contributed by atoms with E-state index in [1.54, 1.807) is 6.92 Å². The van der Waals surface area contributed by atoms with Gasteiger partial charge in [-0.3, -0.25) is 10.2 Å². The van der Waals surface area contributed by atoms with Crippen molar-refractivity contribution in [3.63, 3.8) is 0 Å². The maximum atomic E-state index is 11.5. The Kier molecular flexibility index (Phi) is 8.24. The smallest absolute Gasteiger partial charge is 0.409 e. The van der Waals surface area contributed by atoms with Crippen LogP contribution in [0, 0.1) is 0 Å². The number of hydrogen-bond donors (Lipinski definition) is 2. The number of hydrazine groups is 1. The molecule has 0 spiro atoms. The van der Waals surface area contributed by atoms with E-state index in [1.165, 1.54) is 4.90 Å². The number of nitrogens with one attached hydrogen (secondary N) is 1. The first-order valence-corrected chi connectivity index (χ1v) is 5.56. The molecule has 0 rings (SSSR count). The second kappa shape index (κ2) is 8.96. The highest BCUT2D eigenvalue weighted by Crippen LogP contribution is 2.00. The zero-order valence-corrected chi connectivity index (χ0v) is 9.99. The lowest BCUT2D eigenvalue weighted by Gasteiger charge is -2.21. The summed E-state index contributed by atoms with van der Waals surface area (Å²) in [4.78, 5) is 24.0. The fraction of sp³-hybridized carbons (Fsp3) is 0.800. The highest BCUT2D eigenvalue weighted by atomic mass is 16.6. The van der Waals surface area contributed by atoms with Crippen LogP contribution in [0.1, 0.15) is 33.1 Å². The molecule has 0 aliphatic heterocycles. The highest BCUT2D eigenvalue weighted by Gasteiger charge is 2.14. The van der Waals surface area contributed by atoms with Gasteiger partial charge in [0.05, 0.1) is 6.61 Å². The van der Waals surface area contributed by atoms with Crippen molar-refractivity contribution in [2.75, 3.05) is 19.7 Å². The van der Waals surface area contributed by atoms with E-state index in [2.05, 4.69) is 0 Å². The number of amides is 2. The van der Waals surface area contributed by atoms with Crippen molar-refractivity contribution in [2.45, 2.75) is 33.1 Å². The lowest BCUT2D eigenvalue weighted by molar-refractivity contribution is -0.121. The first kappa shape index (κ1) is 14.7. The molecule has 6 nitrogen and oxygen atoms in total. The van der Waals surface area contributed by atoms with Crippen LogP contribution in [-0.2, 0) is 9.53 Å². The minimum absolute atomic E-state index is 0.193. The first-order valence-electron chi connectivity index (χ1n) is 5.56. The molecule has 0 aromatic heterocycles. The topological polar surface area (TPSA) is 84.7 Å².